The first-order valence-electron chi connectivity index (χ1n) is 9.62. The predicted octanol–water partition coefficient (Wildman–Crippen LogP) is 1.58. The number of piperazine rings is 1. The van der Waals surface area contributed by atoms with E-state index in [1.807, 2.05) is 44.2 Å². The summed E-state index contributed by atoms with van der Waals surface area (Å²) < 4.78 is 1.72. The number of aliphatic hydroxyl groups is 1. The molecular weight excluding hydrogens is 342 g/mol. The van der Waals surface area contributed by atoms with Crippen LogP contribution in [0.4, 0.5) is 0 Å². The highest BCUT2D eigenvalue weighted by atomic mass is 16.3. The van der Waals surface area contributed by atoms with Gasteiger partial charge in [0.2, 0.25) is 0 Å². The third kappa shape index (κ3) is 4.08. The Labute approximate surface area is 160 Å². The van der Waals surface area contributed by atoms with E-state index in [9.17, 15) is 15.0 Å². The van der Waals surface area contributed by atoms with Crippen LogP contribution in [0.5, 0.6) is 5.75 Å². The second kappa shape index (κ2) is 8.69. The normalized spacial score (nSPS) is 17.1. The van der Waals surface area contributed by atoms with Crippen molar-refractivity contribution in [2.45, 2.75) is 26.4 Å². The van der Waals surface area contributed by atoms with Gasteiger partial charge in [-0.25, -0.2) is 0 Å². The van der Waals surface area contributed by atoms with Crippen LogP contribution < -0.4 is 5.56 Å². The first-order valence-corrected chi connectivity index (χ1v) is 9.62. The van der Waals surface area contributed by atoms with Gasteiger partial charge in [-0.3, -0.25) is 14.6 Å². The van der Waals surface area contributed by atoms with Gasteiger partial charge in [0.05, 0.1) is 18.2 Å². The van der Waals surface area contributed by atoms with Gasteiger partial charge in [-0.1, -0.05) is 30.3 Å². The van der Waals surface area contributed by atoms with Crippen molar-refractivity contribution >= 4 is 0 Å². The minimum atomic E-state index is -0.284. The smallest absolute Gasteiger partial charge is 0.259 e. The molecule has 3 rings (SSSR count). The SMILES string of the molecule is CCn1c(C)cc(O)c([C@H](c2ccccc2)N2CCN(CCO)CC2)c1=O. The number of pyridine rings is 1. The van der Waals surface area contributed by atoms with Crippen molar-refractivity contribution in [3.05, 3.63) is 63.6 Å². The second-order valence-corrected chi connectivity index (χ2v) is 7.05. The quantitative estimate of drug-likeness (QED) is 0.807. The first-order chi connectivity index (χ1) is 13.1. The average molecular weight is 371 g/mol. The Kier molecular flexibility index (Phi) is 6.31. The molecule has 0 amide bonds. The van der Waals surface area contributed by atoms with Crippen LogP contribution in [0, 0.1) is 6.92 Å². The van der Waals surface area contributed by atoms with Crippen molar-refractivity contribution in [2.24, 2.45) is 0 Å². The van der Waals surface area contributed by atoms with Gasteiger partial charge in [-0.2, -0.15) is 0 Å². The number of aromatic nitrogens is 1. The number of benzene rings is 1. The number of nitrogens with zero attached hydrogens (tertiary/aromatic N) is 3. The maximum atomic E-state index is 13.2. The zero-order valence-electron chi connectivity index (χ0n) is 16.1. The highest BCUT2D eigenvalue weighted by molar-refractivity contribution is 5.41. The van der Waals surface area contributed by atoms with Gasteiger partial charge in [-0.15, -0.1) is 0 Å². The molecule has 0 radical (unpaired) electrons. The van der Waals surface area contributed by atoms with Crippen LogP contribution in [0.2, 0.25) is 0 Å². The van der Waals surface area contributed by atoms with Gasteiger partial charge < -0.3 is 14.8 Å². The van der Waals surface area contributed by atoms with E-state index in [0.29, 0.717) is 18.7 Å². The van der Waals surface area contributed by atoms with Gasteiger partial charge in [0.25, 0.3) is 5.56 Å². The van der Waals surface area contributed by atoms with Crippen LogP contribution in [0.15, 0.2) is 41.2 Å². The van der Waals surface area contributed by atoms with Gasteiger partial charge in [0.1, 0.15) is 5.75 Å². The molecule has 1 aromatic heterocycles. The van der Waals surface area contributed by atoms with Crippen LogP contribution >= 0.6 is 0 Å². The number of β-amino-alcohol motifs (C(OH)–C–C–N with tert-alkyl or cyclic N) is 1. The molecular formula is C21H29N3O3. The molecule has 146 valence electrons. The van der Waals surface area contributed by atoms with E-state index in [1.54, 1.807) is 10.6 Å². The van der Waals surface area contributed by atoms with Gasteiger partial charge in [0.15, 0.2) is 0 Å². The summed E-state index contributed by atoms with van der Waals surface area (Å²) in [4.78, 5) is 17.7. The molecule has 1 atom stereocenters. The van der Waals surface area contributed by atoms with Crippen molar-refractivity contribution in [3.63, 3.8) is 0 Å². The molecule has 1 fully saturated rings. The van der Waals surface area contributed by atoms with Crippen LogP contribution in [0.3, 0.4) is 0 Å². The minimum Gasteiger partial charge on any atom is -0.507 e. The van der Waals surface area contributed by atoms with E-state index >= 15 is 0 Å². The maximum absolute atomic E-state index is 13.2. The Morgan fingerprint density at radius 2 is 1.78 bits per heavy atom. The Bertz CT molecular complexity index is 811. The number of aliphatic hydroxyl groups excluding tert-OH is 1. The summed E-state index contributed by atoms with van der Waals surface area (Å²) in [5.74, 6) is 0.0637. The van der Waals surface area contributed by atoms with E-state index < -0.39 is 0 Å². The summed E-state index contributed by atoms with van der Waals surface area (Å²) in [6.45, 7) is 8.40. The summed E-state index contributed by atoms with van der Waals surface area (Å²) in [6.07, 6.45) is 0. The number of rotatable bonds is 6. The monoisotopic (exact) mass is 371 g/mol. The standard InChI is InChI=1S/C21H29N3O3/c1-3-24-16(2)15-18(26)19(21(24)27)20(17-7-5-4-6-8-17)23-11-9-22(10-12-23)13-14-25/h4-8,15,20,25-26H,3,9-14H2,1-2H3/t20-/m0/s1. The lowest BCUT2D eigenvalue weighted by Crippen LogP contribution is -2.49. The van der Waals surface area contributed by atoms with Crippen LogP contribution in [0.25, 0.3) is 0 Å². The van der Waals surface area contributed by atoms with Crippen LogP contribution in [0.1, 0.15) is 29.8 Å². The molecule has 1 aliphatic rings. The van der Waals surface area contributed by atoms with Crippen LogP contribution in [-0.4, -0.2) is 63.9 Å². The highest BCUT2D eigenvalue weighted by Crippen LogP contribution is 2.33. The number of aryl methyl sites for hydroxylation is 1. The van der Waals surface area contributed by atoms with Gasteiger partial charge in [-0.05, 0) is 25.5 Å². The highest BCUT2D eigenvalue weighted by Gasteiger charge is 2.31. The summed E-state index contributed by atoms with van der Waals surface area (Å²) in [5, 5.41) is 19.9. The number of aromatic hydroxyl groups is 1. The van der Waals surface area contributed by atoms with E-state index in [-0.39, 0.29) is 24.0 Å². The molecule has 0 spiro atoms. The Hall–Kier alpha value is -2.15. The predicted molar refractivity (Wildman–Crippen MR) is 106 cm³/mol. The summed E-state index contributed by atoms with van der Waals surface area (Å²) in [6, 6.07) is 11.3. The topological polar surface area (TPSA) is 68.9 Å². The molecule has 1 aromatic carbocycles. The van der Waals surface area contributed by atoms with E-state index in [2.05, 4.69) is 9.80 Å². The Morgan fingerprint density at radius 1 is 1.11 bits per heavy atom. The van der Waals surface area contributed by atoms with Crippen molar-refractivity contribution in [3.8, 4) is 5.75 Å². The number of hydrogen-bond donors (Lipinski definition) is 2. The number of hydrogen-bond acceptors (Lipinski definition) is 5. The first kappa shape index (κ1) is 19.6. The zero-order valence-corrected chi connectivity index (χ0v) is 16.1. The van der Waals surface area contributed by atoms with Gasteiger partial charge >= 0.3 is 0 Å². The molecule has 2 heterocycles. The molecule has 0 bridgehead atoms. The largest absolute Gasteiger partial charge is 0.507 e. The molecule has 2 aromatic rings. The lowest BCUT2D eigenvalue weighted by molar-refractivity contribution is 0.0932. The van der Waals surface area contributed by atoms with Crippen molar-refractivity contribution in [1.82, 2.24) is 14.4 Å². The average Bonchev–Trinajstić information content (AvgIpc) is 2.67. The fourth-order valence-electron chi connectivity index (χ4n) is 4.00. The third-order valence-electron chi connectivity index (χ3n) is 5.42. The van der Waals surface area contributed by atoms with E-state index in [0.717, 1.165) is 37.4 Å². The van der Waals surface area contributed by atoms with E-state index in [4.69, 9.17) is 0 Å². The van der Waals surface area contributed by atoms with Crippen LogP contribution in [-0.2, 0) is 6.54 Å². The molecule has 6 nitrogen and oxygen atoms in total. The summed E-state index contributed by atoms with van der Waals surface area (Å²) in [7, 11) is 0. The molecule has 6 heteroatoms. The Morgan fingerprint density at radius 3 is 2.37 bits per heavy atom. The fourth-order valence-corrected chi connectivity index (χ4v) is 4.00. The second-order valence-electron chi connectivity index (χ2n) is 7.05. The molecule has 1 aliphatic heterocycles. The lowest BCUT2D eigenvalue weighted by atomic mass is 9.96. The molecule has 1 saturated heterocycles. The molecule has 0 unspecified atom stereocenters. The summed E-state index contributed by atoms with van der Waals surface area (Å²) >= 11 is 0. The van der Waals surface area contributed by atoms with Gasteiger partial charge in [0, 0.05) is 45.0 Å². The molecule has 2 N–H and O–H groups in total. The fraction of sp³-hybridized carbons (Fsp3) is 0.476. The molecule has 0 saturated carbocycles. The summed E-state index contributed by atoms with van der Waals surface area (Å²) in [5.41, 5.74) is 2.10. The van der Waals surface area contributed by atoms with Crippen molar-refractivity contribution < 1.29 is 10.2 Å². The molecule has 27 heavy (non-hydrogen) atoms. The third-order valence-corrected chi connectivity index (χ3v) is 5.42. The molecule has 0 aliphatic carbocycles. The maximum Gasteiger partial charge on any atom is 0.259 e. The zero-order chi connectivity index (χ0) is 19.4. The van der Waals surface area contributed by atoms with Crippen molar-refractivity contribution in [2.75, 3.05) is 39.3 Å². The Balaban J connectivity index is 2.04. The van der Waals surface area contributed by atoms with Crippen molar-refractivity contribution in [1.29, 1.82) is 0 Å². The van der Waals surface area contributed by atoms with E-state index in [1.165, 1.54) is 0 Å². The minimum absolute atomic E-state index is 0.0637. The lowest BCUT2D eigenvalue weighted by Gasteiger charge is -2.39.